The molecule has 1 aliphatic heterocycles. The SMILES string of the molecule is CN(C)c1ccc(NC(=O)N2CCN(CCc3ccccc3)CC2)cc1. The quantitative estimate of drug-likeness (QED) is 0.898. The Hall–Kier alpha value is -2.53. The number of amides is 2. The van der Waals surface area contributed by atoms with Gasteiger partial charge in [0.25, 0.3) is 0 Å². The van der Waals surface area contributed by atoms with Crippen molar-refractivity contribution in [1.29, 1.82) is 0 Å². The number of piperazine rings is 1. The van der Waals surface area contributed by atoms with Crippen molar-refractivity contribution >= 4 is 17.4 Å². The van der Waals surface area contributed by atoms with Crippen molar-refractivity contribution in [2.75, 3.05) is 57.0 Å². The Balaban J connectivity index is 1.43. The number of nitrogens with one attached hydrogen (secondary N) is 1. The number of anilines is 2. The molecule has 0 saturated carbocycles. The molecule has 5 heteroatoms. The Morgan fingerprint density at radius 2 is 1.62 bits per heavy atom. The van der Waals surface area contributed by atoms with E-state index in [0.717, 1.165) is 50.5 Å². The van der Waals surface area contributed by atoms with Crippen LogP contribution in [0.3, 0.4) is 0 Å². The van der Waals surface area contributed by atoms with Gasteiger partial charge in [-0.1, -0.05) is 30.3 Å². The zero-order valence-corrected chi connectivity index (χ0v) is 15.7. The molecule has 2 amide bonds. The Kier molecular flexibility index (Phi) is 6.12. The van der Waals surface area contributed by atoms with Gasteiger partial charge in [-0.15, -0.1) is 0 Å². The lowest BCUT2D eigenvalue weighted by molar-refractivity contribution is 0.148. The highest BCUT2D eigenvalue weighted by Crippen LogP contribution is 2.16. The normalized spacial score (nSPS) is 14.9. The summed E-state index contributed by atoms with van der Waals surface area (Å²) in [5.41, 5.74) is 3.33. The van der Waals surface area contributed by atoms with Crippen molar-refractivity contribution in [3.05, 3.63) is 60.2 Å². The number of nitrogens with zero attached hydrogens (tertiary/aromatic N) is 3. The van der Waals surface area contributed by atoms with Gasteiger partial charge < -0.3 is 15.1 Å². The number of carbonyl (C=O) groups excluding carboxylic acids is 1. The standard InChI is InChI=1S/C21H28N4O/c1-23(2)20-10-8-19(9-11-20)22-21(26)25-16-14-24(15-17-25)13-12-18-6-4-3-5-7-18/h3-11H,12-17H2,1-2H3,(H,22,26). The van der Waals surface area contributed by atoms with Gasteiger partial charge in [-0.3, -0.25) is 4.90 Å². The van der Waals surface area contributed by atoms with Crippen molar-refractivity contribution in [2.45, 2.75) is 6.42 Å². The molecule has 0 bridgehead atoms. The van der Waals surface area contributed by atoms with E-state index in [2.05, 4.69) is 40.5 Å². The lowest BCUT2D eigenvalue weighted by Crippen LogP contribution is -2.50. The maximum atomic E-state index is 12.5. The summed E-state index contributed by atoms with van der Waals surface area (Å²) in [4.78, 5) is 18.8. The number of carbonyl (C=O) groups is 1. The lowest BCUT2D eigenvalue weighted by Gasteiger charge is -2.34. The van der Waals surface area contributed by atoms with Crippen LogP contribution in [-0.4, -0.2) is 62.7 Å². The van der Waals surface area contributed by atoms with Gasteiger partial charge in [-0.25, -0.2) is 4.79 Å². The second kappa shape index (κ2) is 8.72. The summed E-state index contributed by atoms with van der Waals surface area (Å²) in [5.74, 6) is 0. The smallest absolute Gasteiger partial charge is 0.321 e. The Morgan fingerprint density at radius 1 is 0.962 bits per heavy atom. The molecule has 0 unspecified atom stereocenters. The maximum Gasteiger partial charge on any atom is 0.321 e. The number of urea groups is 1. The van der Waals surface area contributed by atoms with Gasteiger partial charge in [-0.2, -0.15) is 0 Å². The highest BCUT2D eigenvalue weighted by molar-refractivity contribution is 5.89. The van der Waals surface area contributed by atoms with Crippen molar-refractivity contribution in [3.63, 3.8) is 0 Å². The zero-order valence-electron chi connectivity index (χ0n) is 15.7. The Bertz CT molecular complexity index is 692. The van der Waals surface area contributed by atoms with Crippen LogP contribution in [-0.2, 0) is 6.42 Å². The summed E-state index contributed by atoms with van der Waals surface area (Å²) in [6.07, 6.45) is 1.06. The molecule has 0 atom stereocenters. The number of benzene rings is 2. The van der Waals surface area contributed by atoms with Crippen molar-refractivity contribution in [1.82, 2.24) is 9.80 Å². The molecular weight excluding hydrogens is 324 g/mol. The van der Waals surface area contributed by atoms with E-state index in [-0.39, 0.29) is 6.03 Å². The van der Waals surface area contributed by atoms with Gasteiger partial charge >= 0.3 is 6.03 Å². The van der Waals surface area contributed by atoms with Crippen molar-refractivity contribution in [3.8, 4) is 0 Å². The molecule has 5 nitrogen and oxygen atoms in total. The molecule has 0 aromatic heterocycles. The van der Waals surface area contributed by atoms with Crippen LogP contribution >= 0.6 is 0 Å². The van der Waals surface area contributed by atoms with Crippen LogP contribution in [0.15, 0.2) is 54.6 Å². The van der Waals surface area contributed by atoms with Gasteiger partial charge in [0.05, 0.1) is 0 Å². The molecule has 1 N–H and O–H groups in total. The van der Waals surface area contributed by atoms with Gasteiger partial charge in [0.15, 0.2) is 0 Å². The topological polar surface area (TPSA) is 38.8 Å². The molecule has 3 rings (SSSR count). The van der Waals surface area contributed by atoms with Crippen LogP contribution in [0.25, 0.3) is 0 Å². The Labute approximate surface area is 156 Å². The summed E-state index contributed by atoms with van der Waals surface area (Å²) in [5, 5.41) is 3.00. The molecule has 2 aromatic rings. The molecule has 0 radical (unpaired) electrons. The molecule has 1 heterocycles. The molecule has 0 spiro atoms. The van der Waals surface area contributed by atoms with Gasteiger partial charge in [0.1, 0.15) is 0 Å². The van der Waals surface area contributed by atoms with Crippen LogP contribution in [0.1, 0.15) is 5.56 Å². The van der Waals surface area contributed by atoms with Crippen LogP contribution in [0.5, 0.6) is 0 Å². The minimum atomic E-state index is -0.00897. The lowest BCUT2D eigenvalue weighted by atomic mass is 10.1. The summed E-state index contributed by atoms with van der Waals surface area (Å²) >= 11 is 0. The fraction of sp³-hybridized carbons (Fsp3) is 0.381. The van der Waals surface area contributed by atoms with E-state index in [9.17, 15) is 4.79 Å². The highest BCUT2D eigenvalue weighted by Gasteiger charge is 2.20. The largest absolute Gasteiger partial charge is 0.378 e. The van der Waals surface area contributed by atoms with E-state index in [0.29, 0.717) is 0 Å². The van der Waals surface area contributed by atoms with Crippen LogP contribution in [0.4, 0.5) is 16.2 Å². The molecule has 0 aliphatic carbocycles. The summed E-state index contributed by atoms with van der Waals surface area (Å²) in [6.45, 7) is 4.46. The van der Waals surface area contributed by atoms with Gasteiger partial charge in [-0.05, 0) is 36.2 Å². The summed E-state index contributed by atoms with van der Waals surface area (Å²) in [6, 6.07) is 18.5. The first-order chi connectivity index (χ1) is 12.6. The average Bonchev–Trinajstić information content (AvgIpc) is 2.68. The molecule has 1 saturated heterocycles. The fourth-order valence-electron chi connectivity index (χ4n) is 3.15. The van der Waals surface area contributed by atoms with Crippen molar-refractivity contribution in [2.24, 2.45) is 0 Å². The van der Waals surface area contributed by atoms with E-state index < -0.39 is 0 Å². The highest BCUT2D eigenvalue weighted by atomic mass is 16.2. The predicted octanol–water partition coefficient (Wildman–Crippen LogP) is 3.14. The molecule has 138 valence electrons. The summed E-state index contributed by atoms with van der Waals surface area (Å²) in [7, 11) is 4.01. The maximum absolute atomic E-state index is 12.5. The third kappa shape index (κ3) is 4.99. The first kappa shape index (κ1) is 18.3. The number of hydrogen-bond acceptors (Lipinski definition) is 3. The van der Waals surface area contributed by atoms with Crippen LogP contribution in [0, 0.1) is 0 Å². The second-order valence-corrected chi connectivity index (χ2v) is 6.94. The zero-order chi connectivity index (χ0) is 18.4. The minimum Gasteiger partial charge on any atom is -0.378 e. The van der Waals surface area contributed by atoms with E-state index in [4.69, 9.17) is 0 Å². The van der Waals surface area contributed by atoms with Crippen LogP contribution < -0.4 is 10.2 Å². The van der Waals surface area contributed by atoms with E-state index in [1.165, 1.54) is 5.56 Å². The van der Waals surface area contributed by atoms with Crippen molar-refractivity contribution < 1.29 is 4.79 Å². The predicted molar refractivity (Wildman–Crippen MR) is 108 cm³/mol. The van der Waals surface area contributed by atoms with Crippen LogP contribution in [0.2, 0.25) is 0 Å². The molecular formula is C21H28N4O. The fourth-order valence-corrected chi connectivity index (χ4v) is 3.15. The first-order valence-electron chi connectivity index (χ1n) is 9.21. The monoisotopic (exact) mass is 352 g/mol. The van der Waals surface area contributed by atoms with E-state index >= 15 is 0 Å². The number of hydrogen-bond donors (Lipinski definition) is 1. The minimum absolute atomic E-state index is 0.00897. The second-order valence-electron chi connectivity index (χ2n) is 6.94. The molecule has 1 fully saturated rings. The van der Waals surface area contributed by atoms with E-state index in [1.54, 1.807) is 0 Å². The average molecular weight is 352 g/mol. The number of rotatable bonds is 5. The molecule has 2 aromatic carbocycles. The third-order valence-corrected chi connectivity index (χ3v) is 4.85. The molecule has 1 aliphatic rings. The van der Waals surface area contributed by atoms with Gasteiger partial charge in [0.2, 0.25) is 0 Å². The van der Waals surface area contributed by atoms with Gasteiger partial charge in [0, 0.05) is 58.2 Å². The van der Waals surface area contributed by atoms with E-state index in [1.807, 2.05) is 48.2 Å². The third-order valence-electron chi connectivity index (χ3n) is 4.85. The first-order valence-corrected chi connectivity index (χ1v) is 9.21. The summed E-state index contributed by atoms with van der Waals surface area (Å²) < 4.78 is 0. The Morgan fingerprint density at radius 3 is 2.23 bits per heavy atom. The molecule has 26 heavy (non-hydrogen) atoms.